The molecule has 0 bridgehead atoms. The minimum Gasteiger partial charge on any atom is -0.458 e. The third kappa shape index (κ3) is 1.44. The lowest BCUT2D eigenvalue weighted by molar-refractivity contribution is -0.753. The maximum Gasteiger partial charge on any atom is 0.212 e. The number of fused-ring (bicyclic) bond motifs is 1. The second kappa shape index (κ2) is 2.59. The largest absolute Gasteiger partial charge is 0.458 e. The van der Waals surface area contributed by atoms with Gasteiger partial charge < -0.3 is 4.42 Å². The maximum absolute atomic E-state index is 5.33. The molecular formula is C11H14NO+. The van der Waals surface area contributed by atoms with Gasteiger partial charge in [0.2, 0.25) is 6.20 Å². The van der Waals surface area contributed by atoms with Gasteiger partial charge in [0.05, 0.1) is 6.26 Å². The molecule has 2 rings (SSSR count). The van der Waals surface area contributed by atoms with Crippen LogP contribution in [0, 0.1) is 0 Å². The lowest BCUT2D eigenvalue weighted by atomic mass is 10.1. The van der Waals surface area contributed by atoms with Crippen LogP contribution >= 0.6 is 0 Å². The molecule has 0 aliphatic rings. The molecule has 0 saturated carbocycles. The molecule has 0 aromatic carbocycles. The first-order valence-electron chi connectivity index (χ1n) is 4.46. The number of rotatable bonds is 0. The van der Waals surface area contributed by atoms with E-state index < -0.39 is 0 Å². The molecule has 0 spiro atoms. The zero-order valence-corrected chi connectivity index (χ0v) is 8.24. The topological polar surface area (TPSA) is 17.0 Å². The lowest BCUT2D eigenvalue weighted by Gasteiger charge is -2.11. The number of aromatic nitrogens is 1. The van der Waals surface area contributed by atoms with E-state index in [4.69, 9.17) is 4.42 Å². The van der Waals surface area contributed by atoms with Crippen molar-refractivity contribution in [1.82, 2.24) is 0 Å². The highest BCUT2D eigenvalue weighted by Crippen LogP contribution is 2.13. The molecule has 0 atom stereocenters. The molecule has 0 aliphatic carbocycles. The van der Waals surface area contributed by atoms with Gasteiger partial charge >= 0.3 is 0 Å². The van der Waals surface area contributed by atoms with Gasteiger partial charge in [0.15, 0.2) is 17.3 Å². The molecule has 0 radical (unpaired) electrons. The predicted molar refractivity (Wildman–Crippen MR) is 51.4 cm³/mol. The van der Waals surface area contributed by atoms with Crippen molar-refractivity contribution in [3.8, 4) is 0 Å². The molecule has 2 heterocycles. The van der Waals surface area contributed by atoms with Gasteiger partial charge in [0, 0.05) is 32.2 Å². The average Bonchev–Trinajstić information content (AvgIpc) is 2.47. The van der Waals surface area contributed by atoms with Crippen LogP contribution in [0.4, 0.5) is 0 Å². The molecule has 2 heteroatoms. The quantitative estimate of drug-likeness (QED) is 0.563. The second-order valence-corrected chi connectivity index (χ2v) is 4.26. The number of hydrogen-bond donors (Lipinski definition) is 0. The van der Waals surface area contributed by atoms with Gasteiger partial charge in [-0.3, -0.25) is 0 Å². The molecular weight excluding hydrogens is 162 g/mol. The Hall–Kier alpha value is -1.31. The van der Waals surface area contributed by atoms with Gasteiger partial charge in [0.25, 0.3) is 0 Å². The Morgan fingerprint density at radius 1 is 1.23 bits per heavy atom. The first-order chi connectivity index (χ1) is 6.07. The Morgan fingerprint density at radius 2 is 2.00 bits per heavy atom. The van der Waals surface area contributed by atoms with E-state index in [2.05, 4.69) is 37.6 Å². The number of nitrogens with zero attached hydrogens (tertiary/aromatic N) is 1. The number of hydrogen-bond acceptors (Lipinski definition) is 1. The van der Waals surface area contributed by atoms with Crippen molar-refractivity contribution in [3.63, 3.8) is 0 Å². The van der Waals surface area contributed by atoms with Crippen molar-refractivity contribution in [2.24, 2.45) is 0 Å². The normalized spacial score (nSPS) is 12.2. The van der Waals surface area contributed by atoms with Gasteiger partial charge in [-0.1, -0.05) is 0 Å². The summed E-state index contributed by atoms with van der Waals surface area (Å²) in [4.78, 5) is 0. The fraction of sp³-hybridized carbons (Fsp3) is 0.364. The van der Waals surface area contributed by atoms with Crippen LogP contribution in [-0.4, -0.2) is 0 Å². The van der Waals surface area contributed by atoms with Crippen molar-refractivity contribution >= 4 is 11.0 Å². The van der Waals surface area contributed by atoms with Crippen molar-refractivity contribution in [3.05, 3.63) is 30.8 Å². The molecule has 2 aromatic heterocycles. The first kappa shape index (κ1) is 8.30. The Kier molecular flexibility index (Phi) is 1.65. The van der Waals surface area contributed by atoms with Gasteiger partial charge in [0.1, 0.15) is 0 Å². The van der Waals surface area contributed by atoms with E-state index in [1.807, 2.05) is 12.3 Å². The van der Waals surface area contributed by atoms with E-state index in [-0.39, 0.29) is 5.54 Å². The zero-order valence-electron chi connectivity index (χ0n) is 8.24. The SMILES string of the molecule is CC(C)(C)[n+]1ccc2ccoc2c1. The molecule has 0 saturated heterocycles. The van der Waals surface area contributed by atoms with Crippen LogP contribution in [0.2, 0.25) is 0 Å². The van der Waals surface area contributed by atoms with E-state index in [9.17, 15) is 0 Å². The summed E-state index contributed by atoms with van der Waals surface area (Å²) < 4.78 is 7.48. The zero-order chi connectivity index (χ0) is 9.47. The highest BCUT2D eigenvalue weighted by Gasteiger charge is 2.21. The molecule has 2 nitrogen and oxygen atoms in total. The van der Waals surface area contributed by atoms with Crippen molar-refractivity contribution < 1.29 is 8.98 Å². The first-order valence-corrected chi connectivity index (χ1v) is 4.46. The summed E-state index contributed by atoms with van der Waals surface area (Å²) in [6.45, 7) is 6.51. The van der Waals surface area contributed by atoms with Crippen LogP contribution in [0.3, 0.4) is 0 Å². The summed E-state index contributed by atoms with van der Waals surface area (Å²) in [5, 5.41) is 1.15. The highest BCUT2D eigenvalue weighted by atomic mass is 16.3. The van der Waals surface area contributed by atoms with Crippen LogP contribution in [-0.2, 0) is 5.54 Å². The third-order valence-corrected chi connectivity index (χ3v) is 2.17. The van der Waals surface area contributed by atoms with Crippen molar-refractivity contribution in [2.45, 2.75) is 26.3 Å². The fourth-order valence-electron chi connectivity index (χ4n) is 1.32. The molecule has 68 valence electrons. The third-order valence-electron chi connectivity index (χ3n) is 2.17. The van der Waals surface area contributed by atoms with Crippen LogP contribution in [0.25, 0.3) is 11.0 Å². The smallest absolute Gasteiger partial charge is 0.212 e. The molecule has 0 amide bonds. The van der Waals surface area contributed by atoms with E-state index >= 15 is 0 Å². The minimum atomic E-state index is 0.112. The van der Waals surface area contributed by atoms with Gasteiger partial charge in [-0.2, -0.15) is 4.57 Å². The fourth-order valence-corrected chi connectivity index (χ4v) is 1.32. The van der Waals surface area contributed by atoms with Crippen LogP contribution in [0.1, 0.15) is 20.8 Å². The summed E-state index contributed by atoms with van der Waals surface area (Å²) >= 11 is 0. The standard InChI is InChI=1S/C11H14NO/c1-11(2,3)12-6-4-9-5-7-13-10(9)8-12/h4-8H,1-3H3/q+1. The summed E-state index contributed by atoms with van der Waals surface area (Å²) in [6, 6.07) is 4.05. The van der Waals surface area contributed by atoms with Crippen molar-refractivity contribution in [1.29, 1.82) is 0 Å². The Balaban J connectivity index is 2.61. The van der Waals surface area contributed by atoms with E-state index in [1.165, 1.54) is 0 Å². The average molecular weight is 176 g/mol. The molecule has 2 aromatic rings. The summed E-state index contributed by atoms with van der Waals surface area (Å²) in [6.07, 6.45) is 5.84. The second-order valence-electron chi connectivity index (χ2n) is 4.26. The maximum atomic E-state index is 5.33. The molecule has 0 N–H and O–H groups in total. The van der Waals surface area contributed by atoms with Crippen molar-refractivity contribution in [2.75, 3.05) is 0 Å². The molecule has 0 aliphatic heterocycles. The van der Waals surface area contributed by atoms with Crippen LogP contribution in [0.5, 0.6) is 0 Å². The summed E-state index contributed by atoms with van der Waals surface area (Å²) in [5.41, 5.74) is 1.05. The number of pyridine rings is 1. The lowest BCUT2D eigenvalue weighted by Crippen LogP contribution is -2.49. The Labute approximate surface area is 77.8 Å². The monoisotopic (exact) mass is 176 g/mol. The van der Waals surface area contributed by atoms with Gasteiger partial charge in [-0.15, -0.1) is 0 Å². The van der Waals surface area contributed by atoms with E-state index in [0.29, 0.717) is 0 Å². The van der Waals surface area contributed by atoms with Gasteiger partial charge in [-0.05, 0) is 6.07 Å². The number of furan rings is 1. The molecule has 13 heavy (non-hydrogen) atoms. The Morgan fingerprint density at radius 3 is 2.69 bits per heavy atom. The van der Waals surface area contributed by atoms with E-state index in [0.717, 1.165) is 11.0 Å². The summed E-state index contributed by atoms with van der Waals surface area (Å²) in [7, 11) is 0. The highest BCUT2D eigenvalue weighted by molar-refractivity contribution is 5.74. The van der Waals surface area contributed by atoms with E-state index in [1.54, 1.807) is 6.26 Å². The summed E-state index contributed by atoms with van der Waals surface area (Å²) in [5.74, 6) is 0. The van der Waals surface area contributed by atoms with Gasteiger partial charge in [-0.25, -0.2) is 0 Å². The molecule has 0 unspecified atom stereocenters. The van der Waals surface area contributed by atoms with Crippen LogP contribution < -0.4 is 4.57 Å². The Bertz CT molecular complexity index is 423. The molecule has 0 fully saturated rings. The van der Waals surface area contributed by atoms with Crippen LogP contribution in [0.15, 0.2) is 35.2 Å². The minimum absolute atomic E-state index is 0.112. The predicted octanol–water partition coefficient (Wildman–Crippen LogP) is 2.48.